The van der Waals surface area contributed by atoms with E-state index < -0.39 is 44.3 Å². The van der Waals surface area contributed by atoms with E-state index in [9.17, 15) is 27.2 Å². The van der Waals surface area contributed by atoms with Crippen molar-refractivity contribution in [1.29, 1.82) is 0 Å². The highest BCUT2D eigenvalue weighted by Gasteiger charge is 2.39. The minimum absolute atomic E-state index is 0.00322. The lowest BCUT2D eigenvalue weighted by molar-refractivity contribution is -0.136. The third-order valence-corrected chi connectivity index (χ3v) is 5.09. The average Bonchev–Trinajstić information content (AvgIpc) is 2.74. The van der Waals surface area contributed by atoms with Gasteiger partial charge in [-0.15, -0.1) is 0 Å². The molecule has 23 heavy (non-hydrogen) atoms. The number of piperidine rings is 1. The molecule has 1 fully saturated rings. The van der Waals surface area contributed by atoms with E-state index in [-0.39, 0.29) is 24.9 Å². The molecule has 2 heterocycles. The van der Waals surface area contributed by atoms with Crippen LogP contribution in [-0.4, -0.2) is 43.3 Å². The maximum absolute atomic E-state index is 13.9. The summed E-state index contributed by atoms with van der Waals surface area (Å²) in [5.74, 6) is -2.52. The molecule has 9 heteroatoms. The summed E-state index contributed by atoms with van der Waals surface area (Å²) in [5.41, 5.74) is 0.390. The zero-order chi connectivity index (χ0) is 16.9. The molecule has 7 nitrogen and oxygen atoms in total. The summed E-state index contributed by atoms with van der Waals surface area (Å²) in [7, 11) is -3.76. The minimum Gasteiger partial charge on any atom is -0.322 e. The van der Waals surface area contributed by atoms with Crippen molar-refractivity contribution in [2.45, 2.75) is 30.3 Å². The van der Waals surface area contributed by atoms with Gasteiger partial charge in [0, 0.05) is 24.8 Å². The lowest BCUT2D eigenvalue weighted by Gasteiger charge is -2.29. The molecule has 122 valence electrons. The van der Waals surface area contributed by atoms with Crippen molar-refractivity contribution in [1.82, 2.24) is 10.2 Å². The molecule has 0 radical (unpaired) electrons. The fourth-order valence-electron chi connectivity index (χ4n) is 2.85. The third kappa shape index (κ3) is 2.61. The van der Waals surface area contributed by atoms with Gasteiger partial charge < -0.3 is 4.90 Å². The second kappa shape index (κ2) is 5.12. The Morgan fingerprint density at radius 3 is 2.57 bits per heavy atom. The van der Waals surface area contributed by atoms with Gasteiger partial charge in [0.2, 0.25) is 11.8 Å². The van der Waals surface area contributed by atoms with Crippen molar-refractivity contribution in [3.05, 3.63) is 29.1 Å². The molecule has 0 saturated carbocycles. The summed E-state index contributed by atoms with van der Waals surface area (Å²) in [6.07, 6.45) is 1.18. The molecule has 2 aliphatic heterocycles. The van der Waals surface area contributed by atoms with Gasteiger partial charge in [0.15, 0.2) is 9.84 Å². The normalized spacial score (nSPS) is 21.4. The third-order valence-electron chi connectivity index (χ3n) is 3.98. The van der Waals surface area contributed by atoms with Crippen LogP contribution in [0, 0.1) is 5.82 Å². The van der Waals surface area contributed by atoms with E-state index in [1.165, 1.54) is 4.90 Å². The Hall–Kier alpha value is -2.29. The van der Waals surface area contributed by atoms with Crippen LogP contribution in [0.4, 0.5) is 4.39 Å². The molecule has 0 aliphatic carbocycles. The molecule has 0 bridgehead atoms. The number of sulfone groups is 1. The monoisotopic (exact) mass is 340 g/mol. The van der Waals surface area contributed by atoms with Crippen LogP contribution in [0.2, 0.25) is 0 Å². The van der Waals surface area contributed by atoms with Gasteiger partial charge in [0.25, 0.3) is 5.91 Å². The smallest absolute Gasteiger partial charge is 0.255 e. The fraction of sp³-hybridized carbons (Fsp3) is 0.357. The van der Waals surface area contributed by atoms with Crippen LogP contribution in [-0.2, 0) is 26.0 Å². The van der Waals surface area contributed by atoms with Crippen molar-refractivity contribution >= 4 is 27.6 Å². The van der Waals surface area contributed by atoms with E-state index in [0.717, 1.165) is 18.4 Å². The van der Waals surface area contributed by atoms with Crippen LogP contribution < -0.4 is 5.32 Å². The summed E-state index contributed by atoms with van der Waals surface area (Å²) < 4.78 is 37.1. The summed E-state index contributed by atoms with van der Waals surface area (Å²) in [6.45, 7) is 0.00322. The van der Waals surface area contributed by atoms with Crippen LogP contribution in [0.5, 0.6) is 0 Å². The molecule has 1 aromatic carbocycles. The van der Waals surface area contributed by atoms with E-state index in [1.807, 2.05) is 0 Å². The standard InChI is InChI=1S/C14H13FN2O5S/c1-23(21,22)11-4-7-6-17(14(20)8(7)5-9(11)15)10-2-3-12(18)16-13(10)19/h4-5,10H,2-3,6H2,1H3,(H,16,18,19). The summed E-state index contributed by atoms with van der Waals surface area (Å²) in [6, 6.07) is 1.20. The van der Waals surface area contributed by atoms with Crippen molar-refractivity contribution < 1.29 is 27.2 Å². The maximum atomic E-state index is 13.9. The quantitative estimate of drug-likeness (QED) is 0.763. The molecule has 3 rings (SSSR count). The predicted molar refractivity (Wildman–Crippen MR) is 75.6 cm³/mol. The molecule has 3 amide bonds. The number of hydrogen-bond donors (Lipinski definition) is 1. The summed E-state index contributed by atoms with van der Waals surface area (Å²) in [5, 5.41) is 2.16. The number of imide groups is 1. The molecule has 1 atom stereocenters. The van der Waals surface area contributed by atoms with Gasteiger partial charge in [-0.1, -0.05) is 0 Å². The minimum atomic E-state index is -3.76. The Morgan fingerprint density at radius 2 is 1.96 bits per heavy atom. The zero-order valence-electron chi connectivity index (χ0n) is 12.1. The number of benzene rings is 1. The second-order valence-electron chi connectivity index (χ2n) is 5.61. The van der Waals surface area contributed by atoms with Gasteiger partial charge in [0.05, 0.1) is 0 Å². The van der Waals surface area contributed by atoms with Gasteiger partial charge in [-0.25, -0.2) is 12.8 Å². The highest BCUT2D eigenvalue weighted by atomic mass is 32.2. The van der Waals surface area contributed by atoms with Crippen molar-refractivity contribution in [3.63, 3.8) is 0 Å². The van der Waals surface area contributed by atoms with Crippen LogP contribution in [0.1, 0.15) is 28.8 Å². The van der Waals surface area contributed by atoms with E-state index in [0.29, 0.717) is 5.56 Å². The van der Waals surface area contributed by atoms with Crippen molar-refractivity contribution in [2.75, 3.05) is 6.26 Å². The van der Waals surface area contributed by atoms with E-state index in [4.69, 9.17) is 0 Å². The number of nitrogens with one attached hydrogen (secondary N) is 1. The predicted octanol–water partition coefficient (Wildman–Crippen LogP) is -0.00980. The van der Waals surface area contributed by atoms with E-state index in [2.05, 4.69) is 5.32 Å². The lowest BCUT2D eigenvalue weighted by Crippen LogP contribution is -2.52. The SMILES string of the molecule is CS(=O)(=O)c1cc2c(cc1F)C(=O)N(C1CCC(=O)NC1=O)C2. The highest BCUT2D eigenvalue weighted by Crippen LogP contribution is 2.30. The zero-order valence-corrected chi connectivity index (χ0v) is 12.9. The van der Waals surface area contributed by atoms with Crippen LogP contribution >= 0.6 is 0 Å². The number of nitrogens with zero attached hydrogens (tertiary/aromatic N) is 1. The molecule has 0 spiro atoms. The van der Waals surface area contributed by atoms with Gasteiger partial charge >= 0.3 is 0 Å². The molecule has 0 aromatic heterocycles. The largest absolute Gasteiger partial charge is 0.322 e. The number of halogens is 1. The average molecular weight is 340 g/mol. The first-order valence-electron chi connectivity index (χ1n) is 6.85. The lowest BCUT2D eigenvalue weighted by atomic mass is 10.0. The Balaban J connectivity index is 1.96. The van der Waals surface area contributed by atoms with Gasteiger partial charge in [-0.05, 0) is 24.1 Å². The van der Waals surface area contributed by atoms with Gasteiger partial charge in [0.1, 0.15) is 16.8 Å². The maximum Gasteiger partial charge on any atom is 0.255 e. The van der Waals surface area contributed by atoms with Gasteiger partial charge in [-0.3, -0.25) is 19.7 Å². The number of fused-ring (bicyclic) bond motifs is 1. The molecular weight excluding hydrogens is 327 g/mol. The van der Waals surface area contributed by atoms with E-state index >= 15 is 0 Å². The summed E-state index contributed by atoms with van der Waals surface area (Å²) >= 11 is 0. The molecule has 1 aromatic rings. The van der Waals surface area contributed by atoms with Crippen molar-refractivity contribution in [2.24, 2.45) is 0 Å². The first-order valence-corrected chi connectivity index (χ1v) is 8.75. The number of amides is 3. The van der Waals surface area contributed by atoms with Crippen LogP contribution in [0.15, 0.2) is 17.0 Å². The Kier molecular flexibility index (Phi) is 3.47. The molecule has 2 aliphatic rings. The number of rotatable bonds is 2. The first kappa shape index (κ1) is 15.6. The first-order chi connectivity index (χ1) is 10.7. The van der Waals surface area contributed by atoms with Crippen LogP contribution in [0.3, 0.4) is 0 Å². The topological polar surface area (TPSA) is 101 Å². The van der Waals surface area contributed by atoms with Gasteiger partial charge in [-0.2, -0.15) is 0 Å². The number of carbonyl (C=O) groups is 3. The molecule has 1 N–H and O–H groups in total. The highest BCUT2D eigenvalue weighted by molar-refractivity contribution is 7.90. The Morgan fingerprint density at radius 1 is 1.26 bits per heavy atom. The summed E-state index contributed by atoms with van der Waals surface area (Å²) in [4.78, 5) is 36.2. The van der Waals surface area contributed by atoms with Crippen LogP contribution in [0.25, 0.3) is 0 Å². The molecule has 1 unspecified atom stereocenters. The molecular formula is C14H13FN2O5S. The Bertz CT molecular complexity index is 849. The number of hydrogen-bond acceptors (Lipinski definition) is 5. The molecule has 1 saturated heterocycles. The number of carbonyl (C=O) groups excluding carboxylic acids is 3. The Labute approximate surface area is 131 Å². The van der Waals surface area contributed by atoms with E-state index in [1.54, 1.807) is 0 Å². The fourth-order valence-corrected chi connectivity index (χ4v) is 3.62. The second-order valence-corrected chi connectivity index (χ2v) is 7.60. The van der Waals surface area contributed by atoms with Crippen molar-refractivity contribution in [3.8, 4) is 0 Å².